The van der Waals surface area contributed by atoms with Gasteiger partial charge in [0, 0.05) is 0 Å². The second kappa shape index (κ2) is 13.2. The molecule has 0 spiro atoms. The van der Waals surface area contributed by atoms with E-state index in [9.17, 15) is 0 Å². The Balaban J connectivity index is 0.00000288. The van der Waals surface area contributed by atoms with E-state index in [0.29, 0.717) is 0 Å². The Hall–Kier alpha value is -1.16. The summed E-state index contributed by atoms with van der Waals surface area (Å²) < 4.78 is 5.84. The molecule has 1 nitrogen and oxygen atoms in total. The van der Waals surface area contributed by atoms with Crippen molar-refractivity contribution in [3.05, 3.63) is 54.6 Å². The van der Waals surface area contributed by atoms with Gasteiger partial charge in [0.05, 0.1) is 6.61 Å². The van der Waals surface area contributed by atoms with Crippen molar-refractivity contribution in [3.63, 3.8) is 0 Å². The molecule has 24 heavy (non-hydrogen) atoms. The van der Waals surface area contributed by atoms with Crippen molar-refractivity contribution in [2.45, 2.75) is 58.3 Å². The Morgan fingerprint density at radius 3 is 1.88 bits per heavy atom. The average Bonchev–Trinajstić information content (AvgIpc) is 2.62. The van der Waals surface area contributed by atoms with Crippen LogP contribution >= 0.6 is 0 Å². The van der Waals surface area contributed by atoms with E-state index in [1.807, 2.05) is 12.1 Å². The standard InChI is InChI=1S/C22H29O.Li/c1-2-3-4-5-6-7-8-12-19-23-22-17-15-21(16-18-22)20-13-10-9-11-14-20;/h10-11,13-18H,2-8,12,19H2,1H3;/q-1;+1. The van der Waals surface area contributed by atoms with Crippen molar-refractivity contribution in [1.82, 2.24) is 0 Å². The van der Waals surface area contributed by atoms with Gasteiger partial charge in [-0.25, -0.2) is 0 Å². The molecule has 0 aliphatic heterocycles. The molecule has 2 aromatic carbocycles. The third kappa shape index (κ3) is 8.09. The van der Waals surface area contributed by atoms with Gasteiger partial charge in [-0.2, -0.15) is 30.3 Å². The van der Waals surface area contributed by atoms with Crippen LogP contribution in [-0.2, 0) is 0 Å². The third-order valence-electron chi connectivity index (χ3n) is 4.17. The molecule has 0 bridgehead atoms. The van der Waals surface area contributed by atoms with Crippen LogP contribution in [0.5, 0.6) is 5.75 Å². The largest absolute Gasteiger partial charge is 1.00 e. The second-order valence-electron chi connectivity index (χ2n) is 6.14. The number of benzene rings is 2. The van der Waals surface area contributed by atoms with Gasteiger partial charge in [-0.05, 0) is 24.1 Å². The van der Waals surface area contributed by atoms with Crippen LogP contribution in [0.2, 0.25) is 0 Å². The quantitative estimate of drug-likeness (QED) is 0.349. The molecule has 0 saturated carbocycles. The zero-order valence-electron chi connectivity index (χ0n) is 15.4. The van der Waals surface area contributed by atoms with Crippen LogP contribution in [0.3, 0.4) is 0 Å². The maximum absolute atomic E-state index is 5.84. The van der Waals surface area contributed by atoms with E-state index < -0.39 is 0 Å². The van der Waals surface area contributed by atoms with E-state index in [1.165, 1.54) is 56.1 Å². The molecule has 0 radical (unpaired) electrons. The smallest absolute Gasteiger partial charge is 0.494 e. The minimum atomic E-state index is 0. The van der Waals surface area contributed by atoms with Crippen LogP contribution in [0, 0.1) is 6.07 Å². The van der Waals surface area contributed by atoms with Crippen molar-refractivity contribution < 1.29 is 23.6 Å². The summed E-state index contributed by atoms with van der Waals surface area (Å²) in [6.45, 7) is 3.09. The molecule has 0 atom stereocenters. The van der Waals surface area contributed by atoms with Crippen molar-refractivity contribution in [2.24, 2.45) is 0 Å². The second-order valence-corrected chi connectivity index (χ2v) is 6.14. The first-order chi connectivity index (χ1) is 11.4. The van der Waals surface area contributed by atoms with E-state index in [1.54, 1.807) is 0 Å². The normalized spacial score (nSPS) is 10.2. The molecule has 0 unspecified atom stereocenters. The van der Waals surface area contributed by atoms with Crippen LogP contribution in [0.1, 0.15) is 58.3 Å². The topological polar surface area (TPSA) is 9.23 Å². The number of hydrogen-bond donors (Lipinski definition) is 0. The minimum absolute atomic E-state index is 0. The summed E-state index contributed by atoms with van der Waals surface area (Å²) in [5.74, 6) is 0.971. The van der Waals surface area contributed by atoms with E-state index in [4.69, 9.17) is 4.74 Å². The molecule has 2 rings (SSSR count). The Kier molecular flexibility index (Phi) is 11.5. The number of ether oxygens (including phenoxy) is 1. The number of rotatable bonds is 11. The van der Waals surface area contributed by atoms with Gasteiger partial charge in [-0.1, -0.05) is 64.0 Å². The Bertz CT molecular complexity index is 521. The fraction of sp³-hybridized carbons (Fsp3) is 0.455. The first kappa shape index (κ1) is 20.9. The summed E-state index contributed by atoms with van der Waals surface area (Å²) in [6, 6.07) is 19.5. The molecule has 0 aliphatic rings. The Morgan fingerprint density at radius 2 is 1.25 bits per heavy atom. The van der Waals surface area contributed by atoms with E-state index in [2.05, 4.69) is 49.4 Å². The summed E-state index contributed by atoms with van der Waals surface area (Å²) in [5.41, 5.74) is 2.44. The predicted octanol–water partition coefficient (Wildman–Crippen LogP) is 3.68. The fourth-order valence-corrected chi connectivity index (χ4v) is 2.75. The SMILES string of the molecule is CCCCCCCCCCOc1ccc(-c2cc[c-]cc2)cc1.[Li+]. The Morgan fingerprint density at radius 1 is 0.708 bits per heavy atom. The first-order valence-electron chi connectivity index (χ1n) is 9.09. The fourth-order valence-electron chi connectivity index (χ4n) is 2.75. The molecule has 2 aromatic rings. The monoisotopic (exact) mass is 316 g/mol. The molecule has 0 fully saturated rings. The van der Waals surface area contributed by atoms with Gasteiger partial charge in [0.25, 0.3) is 0 Å². The van der Waals surface area contributed by atoms with E-state index in [0.717, 1.165) is 18.8 Å². The molecule has 0 saturated heterocycles. The Labute approximate surface area is 160 Å². The maximum atomic E-state index is 5.84. The summed E-state index contributed by atoms with van der Waals surface area (Å²) >= 11 is 0. The van der Waals surface area contributed by atoms with Gasteiger partial charge in [-0.3, -0.25) is 0 Å². The van der Waals surface area contributed by atoms with Gasteiger partial charge < -0.3 is 4.74 Å². The van der Waals surface area contributed by atoms with Crippen molar-refractivity contribution in [2.75, 3.05) is 6.61 Å². The third-order valence-corrected chi connectivity index (χ3v) is 4.17. The number of unbranched alkanes of at least 4 members (excludes halogenated alkanes) is 7. The van der Waals surface area contributed by atoms with Crippen LogP contribution in [0.25, 0.3) is 11.1 Å². The van der Waals surface area contributed by atoms with Crippen LogP contribution in [0.4, 0.5) is 0 Å². The molecule has 0 amide bonds. The molecule has 0 aromatic heterocycles. The summed E-state index contributed by atoms with van der Waals surface area (Å²) in [6.07, 6.45) is 10.7. The minimum Gasteiger partial charge on any atom is -0.494 e. The summed E-state index contributed by atoms with van der Waals surface area (Å²) in [4.78, 5) is 0. The molecule has 2 heteroatoms. The molecule has 124 valence electrons. The van der Waals surface area contributed by atoms with Crippen molar-refractivity contribution in [3.8, 4) is 16.9 Å². The van der Waals surface area contributed by atoms with Gasteiger partial charge in [0.2, 0.25) is 0 Å². The predicted molar refractivity (Wildman–Crippen MR) is 98.8 cm³/mol. The number of hydrogen-bond acceptors (Lipinski definition) is 1. The van der Waals surface area contributed by atoms with Crippen molar-refractivity contribution >= 4 is 0 Å². The summed E-state index contributed by atoms with van der Waals surface area (Å²) in [7, 11) is 0. The molecule has 0 aliphatic carbocycles. The molecular weight excluding hydrogens is 287 g/mol. The maximum Gasteiger partial charge on any atom is 1.00 e. The molecule has 0 heterocycles. The molecular formula is C22H29LiO. The molecule has 0 N–H and O–H groups in total. The van der Waals surface area contributed by atoms with Gasteiger partial charge in [0.15, 0.2) is 0 Å². The van der Waals surface area contributed by atoms with Crippen LogP contribution < -0.4 is 23.6 Å². The van der Waals surface area contributed by atoms with Gasteiger partial charge in [0.1, 0.15) is 5.75 Å². The van der Waals surface area contributed by atoms with E-state index in [-0.39, 0.29) is 18.9 Å². The first-order valence-corrected chi connectivity index (χ1v) is 9.09. The zero-order valence-corrected chi connectivity index (χ0v) is 15.4. The van der Waals surface area contributed by atoms with Crippen LogP contribution in [-0.4, -0.2) is 6.61 Å². The van der Waals surface area contributed by atoms with Gasteiger partial charge in [-0.15, -0.1) is 5.56 Å². The van der Waals surface area contributed by atoms with Gasteiger partial charge >= 0.3 is 18.9 Å². The average molecular weight is 316 g/mol. The summed E-state index contributed by atoms with van der Waals surface area (Å²) in [5, 5.41) is 0. The van der Waals surface area contributed by atoms with Crippen LogP contribution in [0.15, 0.2) is 48.5 Å². The zero-order chi connectivity index (χ0) is 16.2. The van der Waals surface area contributed by atoms with E-state index >= 15 is 0 Å². The van der Waals surface area contributed by atoms with Crippen molar-refractivity contribution in [1.29, 1.82) is 0 Å².